The zero-order valence-electron chi connectivity index (χ0n) is 8.22. The predicted octanol–water partition coefficient (Wildman–Crippen LogP) is 1.18. The lowest BCUT2D eigenvalue weighted by Crippen LogP contribution is -2.05. The van der Waals surface area contributed by atoms with Gasteiger partial charge < -0.3 is 5.73 Å². The molecule has 0 saturated heterocycles. The average Bonchev–Trinajstić information content (AvgIpc) is 2.61. The fraction of sp³-hybridized carbons (Fsp3) is 0.400. The lowest BCUT2D eigenvalue weighted by Gasteiger charge is -2.04. The van der Waals surface area contributed by atoms with Crippen molar-refractivity contribution in [1.29, 1.82) is 0 Å². The van der Waals surface area contributed by atoms with Crippen LogP contribution in [0.1, 0.15) is 25.0 Å². The van der Waals surface area contributed by atoms with Crippen LogP contribution in [0.5, 0.6) is 0 Å². The number of hydrogen-bond acceptors (Lipinski definition) is 3. The van der Waals surface area contributed by atoms with Crippen LogP contribution < -0.4 is 5.73 Å². The van der Waals surface area contributed by atoms with E-state index >= 15 is 0 Å². The Morgan fingerprint density at radius 3 is 3.14 bits per heavy atom. The van der Waals surface area contributed by atoms with Crippen LogP contribution in [0.4, 0.5) is 0 Å². The van der Waals surface area contributed by atoms with Gasteiger partial charge in [-0.15, -0.1) is 0 Å². The SMILES string of the molecule is CC(CCN)c1cc2ncccn2n1. The zero-order valence-corrected chi connectivity index (χ0v) is 8.22. The van der Waals surface area contributed by atoms with Gasteiger partial charge in [0.1, 0.15) is 0 Å². The standard InChI is InChI=1S/C10H14N4/c1-8(3-4-11)9-7-10-12-5-2-6-14(10)13-9/h2,5-8H,3-4,11H2,1H3. The number of rotatable bonds is 3. The Morgan fingerprint density at radius 2 is 2.43 bits per heavy atom. The normalized spacial score (nSPS) is 13.3. The Kier molecular flexibility index (Phi) is 2.45. The summed E-state index contributed by atoms with van der Waals surface area (Å²) in [5, 5.41) is 4.43. The van der Waals surface area contributed by atoms with E-state index in [0.717, 1.165) is 17.8 Å². The van der Waals surface area contributed by atoms with Gasteiger partial charge in [-0.25, -0.2) is 9.50 Å². The van der Waals surface area contributed by atoms with E-state index < -0.39 is 0 Å². The lowest BCUT2D eigenvalue weighted by atomic mass is 10.0. The summed E-state index contributed by atoms with van der Waals surface area (Å²) in [5.74, 6) is 0.404. The summed E-state index contributed by atoms with van der Waals surface area (Å²) in [6.45, 7) is 2.83. The van der Waals surface area contributed by atoms with E-state index in [-0.39, 0.29) is 0 Å². The molecule has 1 atom stereocenters. The molecule has 4 heteroatoms. The minimum atomic E-state index is 0.404. The fourth-order valence-corrected chi connectivity index (χ4v) is 1.49. The Morgan fingerprint density at radius 1 is 1.57 bits per heavy atom. The van der Waals surface area contributed by atoms with E-state index in [1.54, 1.807) is 10.7 Å². The minimum absolute atomic E-state index is 0.404. The number of hydrogen-bond donors (Lipinski definition) is 1. The minimum Gasteiger partial charge on any atom is -0.330 e. The van der Waals surface area contributed by atoms with Crippen molar-refractivity contribution >= 4 is 5.65 Å². The Balaban J connectivity index is 2.35. The van der Waals surface area contributed by atoms with Gasteiger partial charge in [0.05, 0.1) is 5.69 Å². The van der Waals surface area contributed by atoms with Gasteiger partial charge in [-0.1, -0.05) is 6.92 Å². The second-order valence-electron chi connectivity index (χ2n) is 3.47. The van der Waals surface area contributed by atoms with Crippen molar-refractivity contribution < 1.29 is 0 Å². The topological polar surface area (TPSA) is 56.2 Å². The molecule has 0 fully saturated rings. The molecule has 2 rings (SSSR count). The average molecular weight is 190 g/mol. The summed E-state index contributed by atoms with van der Waals surface area (Å²) in [5.41, 5.74) is 7.47. The largest absolute Gasteiger partial charge is 0.330 e. The molecule has 0 amide bonds. The zero-order chi connectivity index (χ0) is 9.97. The molecule has 2 heterocycles. The molecule has 0 bridgehead atoms. The van der Waals surface area contributed by atoms with Gasteiger partial charge in [-0.3, -0.25) is 0 Å². The van der Waals surface area contributed by atoms with Crippen molar-refractivity contribution in [2.45, 2.75) is 19.3 Å². The lowest BCUT2D eigenvalue weighted by molar-refractivity contribution is 0.661. The van der Waals surface area contributed by atoms with Crippen LogP contribution in [0.2, 0.25) is 0 Å². The Bertz CT molecular complexity index is 388. The Labute approximate surface area is 82.8 Å². The molecule has 0 aliphatic rings. The van der Waals surface area contributed by atoms with Gasteiger partial charge in [-0.2, -0.15) is 5.10 Å². The number of aromatic nitrogens is 3. The summed E-state index contributed by atoms with van der Waals surface area (Å²) in [4.78, 5) is 4.21. The first-order valence-corrected chi connectivity index (χ1v) is 4.81. The van der Waals surface area contributed by atoms with E-state index in [2.05, 4.69) is 17.0 Å². The quantitative estimate of drug-likeness (QED) is 0.790. The third-order valence-electron chi connectivity index (χ3n) is 2.36. The molecule has 2 aromatic rings. The van der Waals surface area contributed by atoms with Gasteiger partial charge in [0, 0.05) is 24.4 Å². The fourth-order valence-electron chi connectivity index (χ4n) is 1.49. The van der Waals surface area contributed by atoms with Crippen LogP contribution in [0.15, 0.2) is 24.5 Å². The van der Waals surface area contributed by atoms with Crippen LogP contribution in [-0.2, 0) is 0 Å². The van der Waals surface area contributed by atoms with Gasteiger partial charge in [0.2, 0.25) is 0 Å². The van der Waals surface area contributed by atoms with Crippen LogP contribution in [0.25, 0.3) is 5.65 Å². The van der Waals surface area contributed by atoms with E-state index in [4.69, 9.17) is 5.73 Å². The number of fused-ring (bicyclic) bond motifs is 1. The molecule has 0 radical (unpaired) electrons. The molecule has 4 nitrogen and oxygen atoms in total. The first-order valence-electron chi connectivity index (χ1n) is 4.81. The number of nitrogens with zero attached hydrogens (tertiary/aromatic N) is 3. The molecule has 0 spiro atoms. The van der Waals surface area contributed by atoms with Crippen LogP contribution in [0, 0.1) is 0 Å². The molecule has 2 aromatic heterocycles. The van der Waals surface area contributed by atoms with Crippen molar-refractivity contribution in [1.82, 2.24) is 14.6 Å². The van der Waals surface area contributed by atoms with Gasteiger partial charge in [-0.05, 0) is 19.0 Å². The summed E-state index contributed by atoms with van der Waals surface area (Å²) >= 11 is 0. The molecule has 0 aliphatic heterocycles. The highest BCUT2D eigenvalue weighted by Gasteiger charge is 2.09. The van der Waals surface area contributed by atoms with Gasteiger partial charge >= 0.3 is 0 Å². The van der Waals surface area contributed by atoms with E-state index in [9.17, 15) is 0 Å². The molecule has 14 heavy (non-hydrogen) atoms. The maximum atomic E-state index is 5.51. The maximum Gasteiger partial charge on any atom is 0.155 e. The monoisotopic (exact) mass is 190 g/mol. The molecule has 0 aliphatic carbocycles. The van der Waals surface area contributed by atoms with Crippen molar-refractivity contribution in [3.8, 4) is 0 Å². The van der Waals surface area contributed by atoms with Crippen molar-refractivity contribution in [3.63, 3.8) is 0 Å². The van der Waals surface area contributed by atoms with Crippen LogP contribution in [-0.4, -0.2) is 21.1 Å². The smallest absolute Gasteiger partial charge is 0.155 e. The van der Waals surface area contributed by atoms with Gasteiger partial charge in [0.25, 0.3) is 0 Å². The van der Waals surface area contributed by atoms with Crippen LogP contribution >= 0.6 is 0 Å². The summed E-state index contributed by atoms with van der Waals surface area (Å²) < 4.78 is 1.79. The van der Waals surface area contributed by atoms with Crippen molar-refractivity contribution in [3.05, 3.63) is 30.2 Å². The Hall–Kier alpha value is -1.42. The second-order valence-corrected chi connectivity index (χ2v) is 3.47. The van der Waals surface area contributed by atoms with Crippen molar-refractivity contribution in [2.75, 3.05) is 6.54 Å². The number of nitrogens with two attached hydrogens (primary N) is 1. The molecule has 0 aromatic carbocycles. The highest BCUT2D eigenvalue weighted by atomic mass is 15.2. The summed E-state index contributed by atoms with van der Waals surface area (Å²) in [7, 11) is 0. The maximum absolute atomic E-state index is 5.51. The van der Waals surface area contributed by atoms with Gasteiger partial charge in [0.15, 0.2) is 5.65 Å². The molecule has 74 valence electrons. The van der Waals surface area contributed by atoms with E-state index in [1.807, 2.05) is 18.3 Å². The molecule has 0 saturated carbocycles. The third kappa shape index (κ3) is 1.61. The summed E-state index contributed by atoms with van der Waals surface area (Å²) in [6, 6.07) is 3.89. The van der Waals surface area contributed by atoms with E-state index in [0.29, 0.717) is 12.5 Å². The highest BCUT2D eigenvalue weighted by molar-refractivity contribution is 5.39. The molecular weight excluding hydrogens is 176 g/mol. The molecule has 1 unspecified atom stereocenters. The van der Waals surface area contributed by atoms with Crippen molar-refractivity contribution in [2.24, 2.45) is 5.73 Å². The summed E-state index contributed by atoms with van der Waals surface area (Å²) in [6.07, 6.45) is 4.64. The first-order chi connectivity index (χ1) is 6.81. The van der Waals surface area contributed by atoms with Crippen LogP contribution in [0.3, 0.4) is 0 Å². The second kappa shape index (κ2) is 3.75. The predicted molar refractivity (Wildman–Crippen MR) is 55.1 cm³/mol. The highest BCUT2D eigenvalue weighted by Crippen LogP contribution is 2.17. The molecular formula is C10H14N4. The van der Waals surface area contributed by atoms with E-state index in [1.165, 1.54) is 0 Å². The molecule has 2 N–H and O–H groups in total. The third-order valence-corrected chi connectivity index (χ3v) is 2.36. The first kappa shape index (κ1) is 9.15.